The van der Waals surface area contributed by atoms with Gasteiger partial charge in [0, 0.05) is 23.1 Å². The molecular weight excluding hydrogens is 315 g/mol. The number of likely N-dealkylation sites (tertiary alicyclic amines) is 1. The Balaban J connectivity index is 1.92. The van der Waals surface area contributed by atoms with Crippen molar-refractivity contribution in [3.63, 3.8) is 0 Å². The van der Waals surface area contributed by atoms with Gasteiger partial charge in [-0.2, -0.15) is 0 Å². The van der Waals surface area contributed by atoms with Crippen LogP contribution in [0.15, 0.2) is 24.4 Å². The van der Waals surface area contributed by atoms with E-state index >= 15 is 0 Å². The summed E-state index contributed by atoms with van der Waals surface area (Å²) < 4.78 is 17.0. The molecule has 0 saturated carbocycles. The number of H-pyrrole nitrogens is 1. The molecule has 6 nitrogen and oxygen atoms in total. The van der Waals surface area contributed by atoms with Gasteiger partial charge in [0.25, 0.3) is 0 Å². The lowest BCUT2D eigenvalue weighted by Crippen LogP contribution is -2.26. The number of rotatable bonds is 5. The third-order valence-corrected chi connectivity index (χ3v) is 5.70. The van der Waals surface area contributed by atoms with Crippen molar-refractivity contribution < 1.29 is 19.1 Å². The number of ether oxygens (including phenoxy) is 1. The topological polar surface area (TPSA) is 85.8 Å². The minimum absolute atomic E-state index is 0.501. The van der Waals surface area contributed by atoms with Gasteiger partial charge in [0.2, 0.25) is 0 Å². The van der Waals surface area contributed by atoms with Crippen molar-refractivity contribution in [2.75, 3.05) is 13.6 Å². The zero-order valence-electron chi connectivity index (χ0n) is 13.4. The van der Waals surface area contributed by atoms with Gasteiger partial charge in [0.1, 0.15) is 5.75 Å². The summed E-state index contributed by atoms with van der Waals surface area (Å²) in [5, 5.41) is 0.924. The van der Waals surface area contributed by atoms with E-state index in [4.69, 9.17) is 4.74 Å². The fraction of sp³-hybridized carbons (Fsp3) is 0.500. The quantitative estimate of drug-likeness (QED) is 0.730. The molecule has 7 heteroatoms. The van der Waals surface area contributed by atoms with E-state index in [1.54, 1.807) is 6.07 Å². The second kappa shape index (κ2) is 6.29. The number of benzene rings is 1. The van der Waals surface area contributed by atoms with E-state index in [1.165, 1.54) is 19.8 Å². The van der Waals surface area contributed by atoms with Crippen molar-refractivity contribution in [2.24, 2.45) is 0 Å². The molecule has 2 atom stereocenters. The molecule has 1 aromatic carbocycles. The number of hydrogen-bond donors (Lipinski definition) is 3. The average molecular weight is 338 g/mol. The third-order valence-electron chi connectivity index (χ3n) is 4.65. The van der Waals surface area contributed by atoms with Gasteiger partial charge in [-0.05, 0) is 57.5 Å². The van der Waals surface area contributed by atoms with Crippen LogP contribution in [0.1, 0.15) is 25.3 Å². The molecule has 0 radical (unpaired) electrons. The second-order valence-corrected chi connectivity index (χ2v) is 8.19. The van der Waals surface area contributed by atoms with Crippen LogP contribution in [0.25, 0.3) is 10.9 Å². The zero-order valence-corrected chi connectivity index (χ0v) is 14.3. The smallest absolute Gasteiger partial charge is 0.365 e. The molecule has 0 bridgehead atoms. The molecule has 1 fully saturated rings. The normalized spacial score (nSPS) is 21.0. The van der Waals surface area contributed by atoms with Gasteiger partial charge in [-0.1, -0.05) is 6.07 Å². The Morgan fingerprint density at radius 1 is 1.48 bits per heavy atom. The number of aromatic amines is 1. The molecule has 1 saturated heterocycles. The fourth-order valence-electron chi connectivity index (χ4n) is 3.22. The number of aromatic nitrogens is 1. The lowest BCUT2D eigenvalue weighted by molar-refractivity contribution is 0.239. The van der Waals surface area contributed by atoms with E-state index in [-0.39, 0.29) is 0 Å². The summed E-state index contributed by atoms with van der Waals surface area (Å²) in [6.45, 7) is 2.52. The summed E-state index contributed by atoms with van der Waals surface area (Å²) >= 11 is 0. The number of nitrogens with one attached hydrogen (secondary N) is 1. The Morgan fingerprint density at radius 2 is 2.26 bits per heavy atom. The molecule has 0 aliphatic carbocycles. The van der Waals surface area contributed by atoms with Gasteiger partial charge < -0.3 is 24.4 Å². The first-order chi connectivity index (χ1) is 10.9. The molecule has 23 heavy (non-hydrogen) atoms. The van der Waals surface area contributed by atoms with Crippen LogP contribution < -0.4 is 4.74 Å². The number of nitrogens with zero attached hydrogens (tertiary/aromatic N) is 1. The summed E-state index contributed by atoms with van der Waals surface area (Å²) in [5.41, 5.74) is 2.06. The van der Waals surface area contributed by atoms with E-state index in [0.717, 1.165) is 29.4 Å². The lowest BCUT2D eigenvalue weighted by atomic mass is 10.0. The second-order valence-electron chi connectivity index (χ2n) is 6.28. The summed E-state index contributed by atoms with van der Waals surface area (Å²) in [7, 11) is -2.14. The molecule has 1 aliphatic heterocycles. The predicted molar refractivity (Wildman–Crippen MR) is 89.8 cm³/mol. The monoisotopic (exact) mass is 338 g/mol. The maximum atomic E-state index is 11.4. The van der Waals surface area contributed by atoms with E-state index < -0.39 is 13.4 Å². The van der Waals surface area contributed by atoms with Crippen LogP contribution in [-0.2, 0) is 11.0 Å². The molecule has 2 heterocycles. The summed E-state index contributed by atoms with van der Waals surface area (Å²) in [4.78, 5) is 24.1. The van der Waals surface area contributed by atoms with E-state index in [0.29, 0.717) is 11.8 Å². The molecule has 1 aliphatic rings. The highest BCUT2D eigenvalue weighted by atomic mass is 31.2. The van der Waals surface area contributed by atoms with Crippen LogP contribution in [0.3, 0.4) is 0 Å². The van der Waals surface area contributed by atoms with Crippen LogP contribution in [0.2, 0.25) is 0 Å². The molecule has 3 rings (SSSR count). The Labute approximate surface area is 135 Å². The van der Waals surface area contributed by atoms with Crippen LogP contribution in [-0.4, -0.2) is 45.2 Å². The summed E-state index contributed by atoms with van der Waals surface area (Å²) in [5.74, 6) is -0.639. The summed E-state index contributed by atoms with van der Waals surface area (Å²) in [6, 6.07) is 6.05. The third kappa shape index (κ3) is 3.45. The molecule has 0 spiro atoms. The standard InChI is InChI=1S/C16H23N2O4P/c1-11(23(19,20)21)22-15-7-3-6-14-16(15)12(10-17-14)9-13-5-4-8-18(13)2/h3,6-7,10-11,13,17H,4-5,8-9H2,1-2H3,(H2,19,20,21)/t11?,13-/m1/s1. The van der Waals surface area contributed by atoms with E-state index in [9.17, 15) is 14.4 Å². The Morgan fingerprint density at radius 3 is 2.91 bits per heavy atom. The van der Waals surface area contributed by atoms with Crippen molar-refractivity contribution in [1.29, 1.82) is 0 Å². The van der Waals surface area contributed by atoms with E-state index in [1.807, 2.05) is 18.3 Å². The fourth-order valence-corrected chi connectivity index (χ4v) is 3.47. The maximum absolute atomic E-state index is 11.4. The SMILES string of the molecule is CC(Oc1cccc2[nH]cc(C[C@H]3CCCN3C)c12)P(=O)(O)O. The zero-order chi connectivity index (χ0) is 16.6. The Kier molecular flexibility index (Phi) is 4.52. The Hall–Kier alpha value is -1.33. The van der Waals surface area contributed by atoms with Crippen molar-refractivity contribution >= 4 is 18.5 Å². The molecule has 1 aromatic heterocycles. The minimum Gasteiger partial charge on any atom is -0.477 e. The highest BCUT2D eigenvalue weighted by Gasteiger charge is 2.27. The molecule has 126 valence electrons. The average Bonchev–Trinajstić information content (AvgIpc) is 3.06. The minimum atomic E-state index is -4.28. The van der Waals surface area contributed by atoms with E-state index in [2.05, 4.69) is 16.9 Å². The number of hydrogen-bond acceptors (Lipinski definition) is 3. The molecule has 1 unspecified atom stereocenters. The van der Waals surface area contributed by atoms with Crippen LogP contribution >= 0.6 is 7.60 Å². The maximum Gasteiger partial charge on any atom is 0.365 e. The van der Waals surface area contributed by atoms with Gasteiger partial charge in [-0.25, -0.2) is 0 Å². The lowest BCUT2D eigenvalue weighted by Gasteiger charge is -2.20. The first-order valence-electron chi connectivity index (χ1n) is 7.87. The summed E-state index contributed by atoms with van der Waals surface area (Å²) in [6.07, 6.45) is 5.26. The predicted octanol–water partition coefficient (Wildman–Crippen LogP) is 2.71. The van der Waals surface area contributed by atoms with Gasteiger partial charge in [-0.15, -0.1) is 0 Å². The first kappa shape index (κ1) is 16.5. The molecular formula is C16H23N2O4P. The van der Waals surface area contributed by atoms with Crippen LogP contribution in [0, 0.1) is 0 Å². The highest BCUT2D eigenvalue weighted by molar-refractivity contribution is 7.52. The van der Waals surface area contributed by atoms with Gasteiger partial charge in [0.15, 0.2) is 5.85 Å². The van der Waals surface area contributed by atoms with Crippen molar-refractivity contribution in [3.05, 3.63) is 30.0 Å². The highest BCUT2D eigenvalue weighted by Crippen LogP contribution is 2.43. The van der Waals surface area contributed by atoms with Crippen LogP contribution in [0.4, 0.5) is 0 Å². The molecule has 3 N–H and O–H groups in total. The molecule has 0 amide bonds. The Bertz CT molecular complexity index is 739. The number of fused-ring (bicyclic) bond motifs is 1. The largest absolute Gasteiger partial charge is 0.477 e. The van der Waals surface area contributed by atoms with Crippen molar-refractivity contribution in [1.82, 2.24) is 9.88 Å². The first-order valence-corrected chi connectivity index (χ1v) is 9.55. The molecule has 2 aromatic rings. The van der Waals surface area contributed by atoms with Crippen molar-refractivity contribution in [3.8, 4) is 5.75 Å². The van der Waals surface area contributed by atoms with Gasteiger partial charge in [-0.3, -0.25) is 4.57 Å². The van der Waals surface area contributed by atoms with Crippen molar-refractivity contribution in [2.45, 2.75) is 38.1 Å². The van der Waals surface area contributed by atoms with Crippen LogP contribution in [0.5, 0.6) is 5.75 Å². The van der Waals surface area contributed by atoms with Gasteiger partial charge >= 0.3 is 7.60 Å². The van der Waals surface area contributed by atoms with Gasteiger partial charge in [0.05, 0.1) is 0 Å². The number of likely N-dealkylation sites (N-methyl/N-ethyl adjacent to an activating group) is 1.